The predicted octanol–water partition coefficient (Wildman–Crippen LogP) is 3.03. The molecule has 0 saturated carbocycles. The Morgan fingerprint density at radius 1 is 0.962 bits per heavy atom. The lowest BCUT2D eigenvalue weighted by Gasteiger charge is -2.16. The fourth-order valence-corrected chi connectivity index (χ4v) is 2.45. The standard InChI is InChI=1S/C21H27N3O2/c1-16(2)21(26)23-19-11-9-17(10-12-19)13-22-20(25)15-24(3)14-18-7-5-4-6-8-18/h4-12,16H,13-15H2,1-3H3,(H,22,25)(H,23,26). The fraction of sp³-hybridized carbons (Fsp3) is 0.333. The molecule has 0 unspecified atom stereocenters. The van der Waals surface area contributed by atoms with E-state index in [2.05, 4.69) is 10.6 Å². The zero-order chi connectivity index (χ0) is 18.9. The molecule has 0 saturated heterocycles. The van der Waals surface area contributed by atoms with Gasteiger partial charge in [0, 0.05) is 24.7 Å². The number of carbonyl (C=O) groups excluding carboxylic acids is 2. The van der Waals surface area contributed by atoms with Crippen molar-refractivity contribution < 1.29 is 9.59 Å². The molecule has 5 heteroatoms. The van der Waals surface area contributed by atoms with Crippen molar-refractivity contribution in [3.63, 3.8) is 0 Å². The van der Waals surface area contributed by atoms with Gasteiger partial charge in [-0.1, -0.05) is 56.3 Å². The molecule has 0 bridgehead atoms. The molecule has 0 heterocycles. The minimum atomic E-state index is -0.0539. The van der Waals surface area contributed by atoms with Gasteiger partial charge in [-0.05, 0) is 30.3 Å². The van der Waals surface area contributed by atoms with E-state index in [1.165, 1.54) is 5.56 Å². The van der Waals surface area contributed by atoms with Crippen LogP contribution in [0.1, 0.15) is 25.0 Å². The largest absolute Gasteiger partial charge is 0.351 e. The maximum atomic E-state index is 12.1. The molecule has 2 rings (SSSR count). The average Bonchev–Trinajstić information content (AvgIpc) is 2.61. The van der Waals surface area contributed by atoms with Crippen LogP contribution in [0, 0.1) is 5.92 Å². The summed E-state index contributed by atoms with van der Waals surface area (Å²) in [6.45, 7) is 5.26. The van der Waals surface area contributed by atoms with Crippen LogP contribution in [-0.2, 0) is 22.7 Å². The molecule has 0 aliphatic heterocycles. The van der Waals surface area contributed by atoms with Crippen LogP contribution in [-0.4, -0.2) is 30.3 Å². The van der Waals surface area contributed by atoms with Crippen molar-refractivity contribution in [3.8, 4) is 0 Å². The molecule has 0 aromatic heterocycles. The Labute approximate surface area is 155 Å². The first-order chi connectivity index (χ1) is 12.4. The van der Waals surface area contributed by atoms with Gasteiger partial charge in [-0.25, -0.2) is 0 Å². The fourth-order valence-electron chi connectivity index (χ4n) is 2.45. The minimum absolute atomic E-state index is 0.00694. The summed E-state index contributed by atoms with van der Waals surface area (Å²) in [6.07, 6.45) is 0. The second-order valence-electron chi connectivity index (χ2n) is 6.78. The third-order valence-corrected chi connectivity index (χ3v) is 3.94. The lowest BCUT2D eigenvalue weighted by atomic mass is 10.1. The first-order valence-electron chi connectivity index (χ1n) is 8.83. The monoisotopic (exact) mass is 353 g/mol. The maximum Gasteiger partial charge on any atom is 0.234 e. The van der Waals surface area contributed by atoms with Crippen molar-refractivity contribution in [3.05, 3.63) is 65.7 Å². The second-order valence-corrected chi connectivity index (χ2v) is 6.78. The van der Waals surface area contributed by atoms with Crippen LogP contribution in [0.5, 0.6) is 0 Å². The van der Waals surface area contributed by atoms with E-state index in [1.807, 2.05) is 80.4 Å². The summed E-state index contributed by atoms with van der Waals surface area (Å²) in [5.41, 5.74) is 2.94. The highest BCUT2D eigenvalue weighted by molar-refractivity contribution is 5.92. The molecular formula is C21H27N3O2. The van der Waals surface area contributed by atoms with Gasteiger partial charge >= 0.3 is 0 Å². The van der Waals surface area contributed by atoms with Gasteiger partial charge in [0.25, 0.3) is 0 Å². The van der Waals surface area contributed by atoms with Gasteiger partial charge in [-0.3, -0.25) is 14.5 Å². The van der Waals surface area contributed by atoms with E-state index in [4.69, 9.17) is 0 Å². The number of nitrogens with zero attached hydrogens (tertiary/aromatic N) is 1. The Morgan fingerprint density at radius 2 is 1.62 bits per heavy atom. The van der Waals surface area contributed by atoms with Crippen LogP contribution >= 0.6 is 0 Å². The quantitative estimate of drug-likeness (QED) is 0.767. The number of amides is 2. The van der Waals surface area contributed by atoms with Crippen LogP contribution in [0.3, 0.4) is 0 Å². The Hall–Kier alpha value is -2.66. The van der Waals surface area contributed by atoms with E-state index in [9.17, 15) is 9.59 Å². The molecule has 0 atom stereocenters. The number of nitrogens with one attached hydrogen (secondary N) is 2. The number of hydrogen-bond donors (Lipinski definition) is 2. The van der Waals surface area contributed by atoms with E-state index in [-0.39, 0.29) is 17.7 Å². The molecule has 2 N–H and O–H groups in total. The molecular weight excluding hydrogens is 326 g/mol. The number of hydrogen-bond acceptors (Lipinski definition) is 3. The number of anilines is 1. The molecule has 138 valence electrons. The lowest BCUT2D eigenvalue weighted by molar-refractivity contribution is -0.122. The number of carbonyl (C=O) groups is 2. The van der Waals surface area contributed by atoms with E-state index in [0.717, 1.165) is 17.8 Å². The van der Waals surface area contributed by atoms with Crippen LogP contribution in [0.25, 0.3) is 0 Å². The summed E-state index contributed by atoms with van der Waals surface area (Å²) in [6, 6.07) is 17.6. The smallest absolute Gasteiger partial charge is 0.234 e. The summed E-state index contributed by atoms with van der Waals surface area (Å²) in [7, 11) is 1.93. The lowest BCUT2D eigenvalue weighted by Crippen LogP contribution is -2.34. The SMILES string of the molecule is CC(C)C(=O)Nc1ccc(CNC(=O)CN(C)Cc2ccccc2)cc1. The molecule has 2 aromatic rings. The summed E-state index contributed by atoms with van der Waals surface area (Å²) in [5, 5.41) is 5.78. The Balaban J connectivity index is 1.75. The molecule has 0 aliphatic rings. The molecule has 5 nitrogen and oxygen atoms in total. The number of likely N-dealkylation sites (N-methyl/N-ethyl adjacent to an activating group) is 1. The van der Waals surface area contributed by atoms with Crippen molar-refractivity contribution in [2.75, 3.05) is 18.9 Å². The first kappa shape index (κ1) is 19.7. The van der Waals surface area contributed by atoms with E-state index < -0.39 is 0 Å². The minimum Gasteiger partial charge on any atom is -0.351 e. The Kier molecular flexibility index (Phi) is 7.36. The Morgan fingerprint density at radius 3 is 2.23 bits per heavy atom. The molecule has 2 amide bonds. The maximum absolute atomic E-state index is 12.1. The van der Waals surface area contributed by atoms with Crippen LogP contribution in [0.4, 0.5) is 5.69 Å². The van der Waals surface area contributed by atoms with Crippen LogP contribution in [0.2, 0.25) is 0 Å². The van der Waals surface area contributed by atoms with E-state index in [0.29, 0.717) is 13.1 Å². The van der Waals surface area contributed by atoms with Crippen molar-refractivity contribution in [2.24, 2.45) is 5.92 Å². The zero-order valence-electron chi connectivity index (χ0n) is 15.7. The summed E-state index contributed by atoms with van der Waals surface area (Å²) < 4.78 is 0. The summed E-state index contributed by atoms with van der Waals surface area (Å²) in [4.78, 5) is 25.7. The molecule has 0 radical (unpaired) electrons. The van der Waals surface area contributed by atoms with Crippen molar-refractivity contribution >= 4 is 17.5 Å². The average molecular weight is 353 g/mol. The summed E-state index contributed by atoms with van der Waals surface area (Å²) in [5.74, 6) is -0.0741. The highest BCUT2D eigenvalue weighted by atomic mass is 16.2. The highest BCUT2D eigenvalue weighted by Crippen LogP contribution is 2.11. The molecule has 0 aliphatic carbocycles. The third-order valence-electron chi connectivity index (χ3n) is 3.94. The summed E-state index contributed by atoms with van der Waals surface area (Å²) >= 11 is 0. The van der Waals surface area contributed by atoms with Crippen molar-refractivity contribution in [1.82, 2.24) is 10.2 Å². The van der Waals surface area contributed by atoms with Gasteiger partial charge in [0.05, 0.1) is 6.54 Å². The first-order valence-corrected chi connectivity index (χ1v) is 8.83. The van der Waals surface area contributed by atoms with Crippen molar-refractivity contribution in [1.29, 1.82) is 0 Å². The molecule has 2 aromatic carbocycles. The predicted molar refractivity (Wildman–Crippen MR) is 105 cm³/mol. The molecule has 0 fully saturated rings. The van der Waals surface area contributed by atoms with E-state index >= 15 is 0 Å². The van der Waals surface area contributed by atoms with Gasteiger partial charge in [0.1, 0.15) is 0 Å². The topological polar surface area (TPSA) is 61.4 Å². The van der Waals surface area contributed by atoms with Gasteiger partial charge in [0.15, 0.2) is 0 Å². The second kappa shape index (κ2) is 9.73. The number of rotatable bonds is 8. The van der Waals surface area contributed by atoms with Gasteiger partial charge in [0.2, 0.25) is 11.8 Å². The third kappa shape index (κ3) is 6.69. The number of benzene rings is 2. The molecule has 0 spiro atoms. The van der Waals surface area contributed by atoms with E-state index in [1.54, 1.807) is 0 Å². The van der Waals surface area contributed by atoms with Gasteiger partial charge < -0.3 is 10.6 Å². The zero-order valence-corrected chi connectivity index (χ0v) is 15.7. The normalized spacial score (nSPS) is 10.8. The Bertz CT molecular complexity index is 712. The van der Waals surface area contributed by atoms with Crippen LogP contribution < -0.4 is 10.6 Å². The van der Waals surface area contributed by atoms with Crippen molar-refractivity contribution in [2.45, 2.75) is 26.9 Å². The highest BCUT2D eigenvalue weighted by Gasteiger charge is 2.08. The van der Waals surface area contributed by atoms with Crippen LogP contribution in [0.15, 0.2) is 54.6 Å². The van der Waals surface area contributed by atoms with Gasteiger partial charge in [-0.15, -0.1) is 0 Å². The molecule has 26 heavy (non-hydrogen) atoms. The van der Waals surface area contributed by atoms with Gasteiger partial charge in [-0.2, -0.15) is 0 Å².